The SMILES string of the molecule is Fc1cccc2c1CC1(CC2)OCC(Br)O1. The lowest BCUT2D eigenvalue weighted by Gasteiger charge is -2.33. The summed E-state index contributed by atoms with van der Waals surface area (Å²) in [7, 11) is 0. The minimum Gasteiger partial charge on any atom is -0.346 e. The highest BCUT2D eigenvalue weighted by molar-refractivity contribution is 9.09. The van der Waals surface area contributed by atoms with Crippen LogP contribution in [0.5, 0.6) is 0 Å². The Labute approximate surface area is 102 Å². The van der Waals surface area contributed by atoms with Gasteiger partial charge >= 0.3 is 0 Å². The molecule has 0 radical (unpaired) electrons. The van der Waals surface area contributed by atoms with Crippen LogP contribution >= 0.6 is 15.9 Å². The molecule has 2 aliphatic rings. The minimum atomic E-state index is -0.608. The number of hydrogen-bond donors (Lipinski definition) is 0. The van der Waals surface area contributed by atoms with Crippen LogP contribution in [-0.2, 0) is 22.3 Å². The first-order valence-electron chi connectivity index (χ1n) is 5.41. The number of alkyl halides is 1. The van der Waals surface area contributed by atoms with Gasteiger partial charge in [-0.3, -0.25) is 0 Å². The van der Waals surface area contributed by atoms with Gasteiger partial charge in [0, 0.05) is 12.8 Å². The smallest absolute Gasteiger partial charge is 0.174 e. The fraction of sp³-hybridized carbons (Fsp3) is 0.500. The number of benzene rings is 1. The Morgan fingerprint density at radius 2 is 2.31 bits per heavy atom. The van der Waals surface area contributed by atoms with Crippen molar-refractivity contribution in [3.8, 4) is 0 Å². The molecule has 0 aromatic heterocycles. The van der Waals surface area contributed by atoms with Crippen molar-refractivity contribution in [1.82, 2.24) is 0 Å². The molecule has 16 heavy (non-hydrogen) atoms. The van der Waals surface area contributed by atoms with Crippen molar-refractivity contribution in [2.24, 2.45) is 0 Å². The second-order valence-corrected chi connectivity index (χ2v) is 5.33. The van der Waals surface area contributed by atoms with Crippen molar-refractivity contribution in [3.05, 3.63) is 35.1 Å². The van der Waals surface area contributed by atoms with Crippen molar-refractivity contribution in [2.45, 2.75) is 30.1 Å². The third kappa shape index (κ3) is 1.69. The van der Waals surface area contributed by atoms with Crippen LogP contribution in [0.2, 0.25) is 0 Å². The summed E-state index contributed by atoms with van der Waals surface area (Å²) in [6.07, 6.45) is 2.12. The van der Waals surface area contributed by atoms with Gasteiger partial charge < -0.3 is 9.47 Å². The van der Waals surface area contributed by atoms with Gasteiger partial charge in [-0.1, -0.05) is 28.1 Å². The zero-order valence-corrected chi connectivity index (χ0v) is 10.3. The summed E-state index contributed by atoms with van der Waals surface area (Å²) in [5.74, 6) is -0.759. The molecule has 1 heterocycles. The molecule has 1 aliphatic carbocycles. The zero-order chi connectivity index (χ0) is 11.2. The molecule has 1 spiro atoms. The van der Waals surface area contributed by atoms with Crippen LogP contribution in [0.4, 0.5) is 4.39 Å². The van der Waals surface area contributed by atoms with E-state index in [1.807, 2.05) is 6.07 Å². The van der Waals surface area contributed by atoms with Crippen LogP contribution in [0.15, 0.2) is 18.2 Å². The van der Waals surface area contributed by atoms with Gasteiger partial charge in [0.05, 0.1) is 6.61 Å². The van der Waals surface area contributed by atoms with Crippen molar-refractivity contribution in [2.75, 3.05) is 6.61 Å². The third-order valence-electron chi connectivity index (χ3n) is 3.26. The second kappa shape index (κ2) is 3.79. The first-order valence-corrected chi connectivity index (χ1v) is 6.32. The van der Waals surface area contributed by atoms with Crippen molar-refractivity contribution >= 4 is 15.9 Å². The number of aryl methyl sites for hydroxylation is 1. The van der Waals surface area contributed by atoms with Gasteiger partial charge in [0.25, 0.3) is 0 Å². The summed E-state index contributed by atoms with van der Waals surface area (Å²) in [5.41, 5.74) is 1.83. The van der Waals surface area contributed by atoms with E-state index in [9.17, 15) is 4.39 Å². The first kappa shape index (κ1) is 10.7. The Balaban J connectivity index is 1.94. The highest BCUT2D eigenvalue weighted by Gasteiger charge is 2.43. The predicted octanol–water partition coefficient (Wildman–Crippen LogP) is 2.78. The van der Waals surface area contributed by atoms with Crippen LogP contribution in [0.1, 0.15) is 17.5 Å². The van der Waals surface area contributed by atoms with E-state index in [0.717, 1.165) is 24.0 Å². The predicted molar refractivity (Wildman–Crippen MR) is 60.9 cm³/mol. The van der Waals surface area contributed by atoms with E-state index in [4.69, 9.17) is 9.47 Å². The number of fused-ring (bicyclic) bond motifs is 1. The Hall–Kier alpha value is -0.450. The molecule has 1 saturated heterocycles. The second-order valence-electron chi connectivity index (χ2n) is 4.30. The summed E-state index contributed by atoms with van der Waals surface area (Å²) in [5, 5.41) is -0.0687. The van der Waals surface area contributed by atoms with Gasteiger partial charge in [-0.05, 0) is 23.6 Å². The van der Waals surface area contributed by atoms with Gasteiger partial charge in [0.2, 0.25) is 0 Å². The molecule has 1 aliphatic heterocycles. The highest BCUT2D eigenvalue weighted by atomic mass is 79.9. The summed E-state index contributed by atoms with van der Waals surface area (Å²) in [6, 6.07) is 5.24. The average Bonchev–Trinajstić information content (AvgIpc) is 2.62. The molecule has 0 N–H and O–H groups in total. The van der Waals surface area contributed by atoms with E-state index < -0.39 is 5.79 Å². The zero-order valence-electron chi connectivity index (χ0n) is 8.71. The lowest BCUT2D eigenvalue weighted by Crippen LogP contribution is -2.37. The van der Waals surface area contributed by atoms with E-state index in [0.29, 0.717) is 13.0 Å². The van der Waals surface area contributed by atoms with Gasteiger partial charge in [-0.15, -0.1) is 0 Å². The molecule has 3 rings (SSSR count). The lowest BCUT2D eigenvalue weighted by atomic mass is 9.87. The van der Waals surface area contributed by atoms with E-state index in [1.54, 1.807) is 6.07 Å². The molecule has 0 bridgehead atoms. The minimum absolute atomic E-state index is 0.0687. The van der Waals surface area contributed by atoms with Crippen LogP contribution in [0.3, 0.4) is 0 Å². The third-order valence-corrected chi connectivity index (χ3v) is 3.71. The van der Waals surface area contributed by atoms with Gasteiger partial charge in [-0.25, -0.2) is 4.39 Å². The van der Waals surface area contributed by atoms with Crippen molar-refractivity contribution in [3.63, 3.8) is 0 Å². The molecule has 1 aromatic carbocycles. The molecule has 2 unspecified atom stereocenters. The Kier molecular flexibility index (Phi) is 2.53. The number of ether oxygens (including phenoxy) is 2. The monoisotopic (exact) mass is 286 g/mol. The topological polar surface area (TPSA) is 18.5 Å². The van der Waals surface area contributed by atoms with Gasteiger partial charge in [0.1, 0.15) is 10.8 Å². The van der Waals surface area contributed by atoms with Gasteiger partial charge in [-0.2, -0.15) is 0 Å². The van der Waals surface area contributed by atoms with Crippen molar-refractivity contribution < 1.29 is 13.9 Å². The molecular weight excluding hydrogens is 275 g/mol. The molecule has 1 fully saturated rings. The molecule has 4 heteroatoms. The van der Waals surface area contributed by atoms with Gasteiger partial charge in [0.15, 0.2) is 5.79 Å². The molecule has 0 amide bonds. The molecular formula is C12H12BrFO2. The molecule has 1 aromatic rings. The van der Waals surface area contributed by atoms with E-state index in [2.05, 4.69) is 15.9 Å². The fourth-order valence-corrected chi connectivity index (χ4v) is 2.93. The standard InChI is InChI=1S/C12H12BrFO2/c13-11-7-15-12(16-11)5-4-8-2-1-3-10(14)9(8)6-12/h1-3,11H,4-7H2. The quantitative estimate of drug-likeness (QED) is 0.683. The maximum atomic E-state index is 13.7. The largest absolute Gasteiger partial charge is 0.346 e. The normalized spacial score (nSPS) is 33.0. The van der Waals surface area contributed by atoms with Crippen molar-refractivity contribution in [1.29, 1.82) is 0 Å². The van der Waals surface area contributed by atoms with E-state index in [1.165, 1.54) is 6.07 Å². The summed E-state index contributed by atoms with van der Waals surface area (Å²) in [6.45, 7) is 0.532. The molecule has 86 valence electrons. The Morgan fingerprint density at radius 3 is 3.06 bits per heavy atom. The van der Waals surface area contributed by atoms with E-state index in [-0.39, 0.29) is 10.8 Å². The van der Waals surface area contributed by atoms with E-state index >= 15 is 0 Å². The summed E-state index contributed by atoms with van der Waals surface area (Å²) in [4.78, 5) is 0. The number of rotatable bonds is 0. The molecule has 2 nitrogen and oxygen atoms in total. The highest BCUT2D eigenvalue weighted by Crippen LogP contribution is 2.39. The maximum Gasteiger partial charge on any atom is 0.174 e. The lowest BCUT2D eigenvalue weighted by molar-refractivity contribution is -0.166. The molecule has 0 saturated carbocycles. The Bertz CT molecular complexity index is 423. The molecule has 2 atom stereocenters. The maximum absolute atomic E-state index is 13.7. The van der Waals surface area contributed by atoms with Crippen LogP contribution in [0.25, 0.3) is 0 Å². The van der Waals surface area contributed by atoms with Crippen LogP contribution in [0, 0.1) is 5.82 Å². The summed E-state index contributed by atoms with van der Waals surface area (Å²) >= 11 is 3.37. The summed E-state index contributed by atoms with van der Waals surface area (Å²) < 4.78 is 25.1. The Morgan fingerprint density at radius 1 is 1.44 bits per heavy atom. The number of hydrogen-bond acceptors (Lipinski definition) is 2. The number of halogens is 2. The fourth-order valence-electron chi connectivity index (χ4n) is 2.46. The van der Waals surface area contributed by atoms with Crippen LogP contribution < -0.4 is 0 Å². The first-order chi connectivity index (χ1) is 7.69. The van der Waals surface area contributed by atoms with Crippen LogP contribution in [-0.4, -0.2) is 17.4 Å². The average molecular weight is 287 g/mol.